The highest BCUT2D eigenvalue weighted by Gasteiger charge is 2.07. The van der Waals surface area contributed by atoms with Crippen molar-refractivity contribution in [3.05, 3.63) is 58.1 Å². The maximum absolute atomic E-state index is 13.6. The van der Waals surface area contributed by atoms with E-state index < -0.39 is 0 Å². The van der Waals surface area contributed by atoms with Gasteiger partial charge in [-0.1, -0.05) is 6.07 Å². The van der Waals surface area contributed by atoms with Crippen LogP contribution in [0.4, 0.5) is 4.39 Å². The third-order valence-electron chi connectivity index (χ3n) is 2.89. The van der Waals surface area contributed by atoms with Crippen LogP contribution in [0.3, 0.4) is 0 Å². The highest BCUT2D eigenvalue weighted by atomic mass is 19.1. The van der Waals surface area contributed by atoms with Gasteiger partial charge in [0.1, 0.15) is 5.82 Å². The summed E-state index contributed by atoms with van der Waals surface area (Å²) in [6.45, 7) is 1.85. The van der Waals surface area contributed by atoms with Gasteiger partial charge in [0.15, 0.2) is 0 Å². The van der Waals surface area contributed by atoms with Crippen LogP contribution in [0.5, 0.6) is 0 Å². The van der Waals surface area contributed by atoms with E-state index in [1.807, 2.05) is 13.0 Å². The Morgan fingerprint density at radius 1 is 1.06 bits per heavy atom. The van der Waals surface area contributed by atoms with Gasteiger partial charge in [0.05, 0.1) is 11.4 Å². The number of hydrogen-bond acceptors (Lipinski definition) is 1. The average Bonchev–Trinajstić information content (AvgIpc) is 2.73. The quantitative estimate of drug-likeness (QED) is 0.677. The van der Waals surface area contributed by atoms with E-state index in [0.717, 1.165) is 5.56 Å². The number of rotatable bonds is 1. The number of nitrogens with one attached hydrogen (secondary N) is 2. The molecule has 0 amide bonds. The zero-order valence-electron chi connectivity index (χ0n) is 9.75. The smallest absolute Gasteiger partial charge is 0.248 e. The summed E-state index contributed by atoms with van der Waals surface area (Å²) in [6, 6.07) is 9.94. The van der Waals surface area contributed by atoms with Gasteiger partial charge in [-0.15, -0.1) is 0 Å². The topological polar surface area (TPSA) is 48.6 Å². The van der Waals surface area contributed by atoms with E-state index in [9.17, 15) is 9.18 Å². The van der Waals surface area contributed by atoms with Crippen LogP contribution in [-0.4, -0.2) is 9.97 Å². The van der Waals surface area contributed by atoms with Gasteiger partial charge in [-0.3, -0.25) is 4.79 Å². The Hall–Kier alpha value is -2.36. The summed E-state index contributed by atoms with van der Waals surface area (Å²) in [4.78, 5) is 17.3. The maximum Gasteiger partial charge on any atom is 0.248 e. The van der Waals surface area contributed by atoms with E-state index in [1.54, 1.807) is 18.2 Å². The molecule has 2 aromatic heterocycles. The monoisotopic (exact) mass is 242 g/mol. The molecule has 0 atom stereocenters. The maximum atomic E-state index is 13.6. The summed E-state index contributed by atoms with van der Waals surface area (Å²) in [7, 11) is 0. The van der Waals surface area contributed by atoms with Crippen molar-refractivity contribution in [3.63, 3.8) is 0 Å². The molecule has 2 N–H and O–H groups in total. The molecule has 3 nitrogen and oxygen atoms in total. The number of aromatic nitrogens is 2. The first-order chi connectivity index (χ1) is 8.63. The van der Waals surface area contributed by atoms with Crippen molar-refractivity contribution in [1.29, 1.82) is 0 Å². The van der Waals surface area contributed by atoms with Crippen LogP contribution in [0.1, 0.15) is 5.56 Å². The second-order valence-electron chi connectivity index (χ2n) is 4.32. The number of benzene rings is 1. The molecule has 1 aromatic carbocycles. The molecule has 3 aromatic rings. The van der Waals surface area contributed by atoms with Crippen molar-refractivity contribution in [3.8, 4) is 11.4 Å². The molecular weight excluding hydrogens is 231 g/mol. The molecule has 90 valence electrons. The standard InChI is InChI=1S/C14H11FN2O/c1-8-5-12(17-14(18)6-8)13-7-9-10(15)3-2-4-11(9)16-13/h2-7,16H,1H3,(H,17,18). The Labute approximate surface area is 102 Å². The fourth-order valence-electron chi connectivity index (χ4n) is 2.09. The van der Waals surface area contributed by atoms with Crippen LogP contribution in [-0.2, 0) is 0 Å². The molecule has 0 fully saturated rings. The van der Waals surface area contributed by atoms with Crippen LogP contribution < -0.4 is 5.56 Å². The minimum absolute atomic E-state index is 0.163. The minimum Gasteiger partial charge on any atom is -0.353 e. The van der Waals surface area contributed by atoms with Gasteiger partial charge in [-0.05, 0) is 36.8 Å². The van der Waals surface area contributed by atoms with Crippen molar-refractivity contribution in [1.82, 2.24) is 9.97 Å². The molecule has 0 aliphatic rings. The van der Waals surface area contributed by atoms with Crippen molar-refractivity contribution in [2.75, 3.05) is 0 Å². The highest BCUT2D eigenvalue weighted by Crippen LogP contribution is 2.24. The van der Waals surface area contributed by atoms with Crippen LogP contribution >= 0.6 is 0 Å². The average molecular weight is 242 g/mol. The molecular formula is C14H11FN2O. The van der Waals surface area contributed by atoms with E-state index in [0.29, 0.717) is 22.3 Å². The lowest BCUT2D eigenvalue weighted by molar-refractivity contribution is 0.640. The highest BCUT2D eigenvalue weighted by molar-refractivity contribution is 5.85. The summed E-state index contributed by atoms with van der Waals surface area (Å²) in [5.41, 5.74) is 2.79. The van der Waals surface area contributed by atoms with Crippen LogP contribution in [0.15, 0.2) is 41.2 Å². The molecule has 3 rings (SSSR count). The van der Waals surface area contributed by atoms with Crippen molar-refractivity contribution < 1.29 is 4.39 Å². The van der Waals surface area contributed by atoms with Crippen molar-refractivity contribution >= 4 is 10.9 Å². The number of pyridine rings is 1. The zero-order chi connectivity index (χ0) is 12.7. The largest absolute Gasteiger partial charge is 0.353 e. The van der Waals surface area contributed by atoms with Gasteiger partial charge in [-0.25, -0.2) is 4.39 Å². The van der Waals surface area contributed by atoms with Gasteiger partial charge in [0, 0.05) is 17.0 Å². The summed E-state index contributed by atoms with van der Waals surface area (Å²) in [5, 5.41) is 0.523. The van der Waals surface area contributed by atoms with Gasteiger partial charge in [0.25, 0.3) is 0 Å². The number of aryl methyl sites for hydroxylation is 1. The molecule has 0 saturated carbocycles. The van der Waals surface area contributed by atoms with Crippen LogP contribution in [0, 0.1) is 12.7 Å². The lowest BCUT2D eigenvalue weighted by Crippen LogP contribution is -2.05. The third-order valence-corrected chi connectivity index (χ3v) is 2.89. The SMILES string of the molecule is Cc1cc(-c2cc3c(F)cccc3[nH]2)[nH]c(=O)c1. The minimum atomic E-state index is -0.273. The zero-order valence-corrected chi connectivity index (χ0v) is 9.75. The molecule has 0 aliphatic heterocycles. The Balaban J connectivity index is 2.25. The summed E-state index contributed by atoms with van der Waals surface area (Å²) in [5.74, 6) is -0.273. The number of H-pyrrole nitrogens is 2. The number of aromatic amines is 2. The Kier molecular flexibility index (Phi) is 2.30. The van der Waals surface area contributed by atoms with Gasteiger partial charge in [-0.2, -0.15) is 0 Å². The Morgan fingerprint density at radius 3 is 2.56 bits per heavy atom. The van der Waals surface area contributed by atoms with E-state index in [4.69, 9.17) is 0 Å². The van der Waals surface area contributed by atoms with Gasteiger partial charge in [0.2, 0.25) is 5.56 Å². The number of halogens is 1. The third kappa shape index (κ3) is 1.72. The normalized spacial score (nSPS) is 11.0. The second-order valence-corrected chi connectivity index (χ2v) is 4.32. The molecule has 0 spiro atoms. The lowest BCUT2D eigenvalue weighted by atomic mass is 10.2. The fraction of sp³-hybridized carbons (Fsp3) is 0.0714. The Bertz CT molecular complexity index is 786. The fourth-order valence-corrected chi connectivity index (χ4v) is 2.09. The molecule has 0 unspecified atom stereocenters. The predicted molar refractivity (Wildman–Crippen MR) is 69.1 cm³/mol. The number of hydrogen-bond donors (Lipinski definition) is 2. The van der Waals surface area contributed by atoms with E-state index in [-0.39, 0.29) is 11.4 Å². The van der Waals surface area contributed by atoms with Crippen LogP contribution in [0.2, 0.25) is 0 Å². The first kappa shape index (κ1) is 10.8. The molecule has 0 bridgehead atoms. The van der Waals surface area contributed by atoms with Crippen LogP contribution in [0.25, 0.3) is 22.3 Å². The van der Waals surface area contributed by atoms with Crippen molar-refractivity contribution in [2.45, 2.75) is 6.92 Å². The first-order valence-electron chi connectivity index (χ1n) is 5.62. The molecule has 0 radical (unpaired) electrons. The van der Waals surface area contributed by atoms with Gasteiger partial charge < -0.3 is 9.97 Å². The molecule has 2 heterocycles. The lowest BCUT2D eigenvalue weighted by Gasteiger charge is -1.98. The molecule has 0 aliphatic carbocycles. The molecule has 18 heavy (non-hydrogen) atoms. The van der Waals surface area contributed by atoms with E-state index in [1.165, 1.54) is 12.1 Å². The van der Waals surface area contributed by atoms with Gasteiger partial charge >= 0.3 is 0 Å². The summed E-state index contributed by atoms with van der Waals surface area (Å²) >= 11 is 0. The first-order valence-corrected chi connectivity index (χ1v) is 5.62. The summed E-state index contributed by atoms with van der Waals surface area (Å²) < 4.78 is 13.6. The second kappa shape index (κ2) is 3.84. The Morgan fingerprint density at radius 2 is 1.83 bits per heavy atom. The number of fused-ring (bicyclic) bond motifs is 1. The van der Waals surface area contributed by atoms with Crippen molar-refractivity contribution in [2.24, 2.45) is 0 Å². The predicted octanol–water partition coefficient (Wildman–Crippen LogP) is 2.97. The molecule has 4 heteroatoms. The summed E-state index contributed by atoms with van der Waals surface area (Å²) in [6.07, 6.45) is 0. The molecule has 0 saturated heterocycles. The van der Waals surface area contributed by atoms with E-state index in [2.05, 4.69) is 9.97 Å². The van der Waals surface area contributed by atoms with E-state index >= 15 is 0 Å².